The quantitative estimate of drug-likeness (QED) is 0.645. The summed E-state index contributed by atoms with van der Waals surface area (Å²) in [4.78, 5) is 9.98. The Hall–Kier alpha value is -2.31. The van der Waals surface area contributed by atoms with Crippen LogP contribution in [0.15, 0.2) is 36.4 Å². The number of fused-ring (bicyclic) bond motifs is 1. The van der Waals surface area contributed by atoms with E-state index in [0.717, 1.165) is 59.9 Å². The van der Waals surface area contributed by atoms with Crippen LogP contribution in [0.4, 0.5) is 5.13 Å². The summed E-state index contributed by atoms with van der Waals surface area (Å²) in [7, 11) is 3.33. The van der Waals surface area contributed by atoms with Gasteiger partial charge in [-0.2, -0.15) is 0 Å². The first-order chi connectivity index (χ1) is 13.7. The van der Waals surface area contributed by atoms with Gasteiger partial charge in [0.15, 0.2) is 16.6 Å². The average molecular weight is 396 g/mol. The highest BCUT2D eigenvalue weighted by Crippen LogP contribution is 2.36. The van der Waals surface area contributed by atoms with E-state index in [0.29, 0.717) is 0 Å². The molecule has 2 fully saturated rings. The summed E-state index contributed by atoms with van der Waals surface area (Å²) in [5.41, 5.74) is 3.36. The Morgan fingerprint density at radius 1 is 0.893 bits per heavy atom. The molecular weight excluding hydrogens is 370 g/mol. The number of methoxy groups -OCH3 is 2. The average Bonchev–Trinajstić information content (AvgIpc) is 3.51. The Labute approximate surface area is 169 Å². The summed E-state index contributed by atoms with van der Waals surface area (Å²) in [5, 5.41) is 1.15. The van der Waals surface area contributed by atoms with E-state index < -0.39 is 0 Å². The second-order valence-electron chi connectivity index (χ2n) is 7.50. The van der Waals surface area contributed by atoms with Crippen LogP contribution in [-0.4, -0.2) is 56.3 Å². The van der Waals surface area contributed by atoms with Crippen molar-refractivity contribution in [1.29, 1.82) is 0 Å². The van der Waals surface area contributed by atoms with Crippen molar-refractivity contribution in [2.24, 2.45) is 0 Å². The van der Waals surface area contributed by atoms with Crippen LogP contribution < -0.4 is 14.4 Å². The number of anilines is 1. The number of aromatic nitrogens is 1. The van der Waals surface area contributed by atoms with Gasteiger partial charge in [-0.15, -0.1) is 0 Å². The monoisotopic (exact) mass is 395 g/mol. The molecule has 0 unspecified atom stereocenters. The van der Waals surface area contributed by atoms with Gasteiger partial charge in [0.2, 0.25) is 0 Å². The fraction of sp³-hybridized carbons (Fsp3) is 0.409. The maximum atomic E-state index is 5.45. The highest BCUT2D eigenvalue weighted by molar-refractivity contribution is 7.22. The largest absolute Gasteiger partial charge is 0.493 e. The minimum Gasteiger partial charge on any atom is -0.493 e. The zero-order valence-corrected chi connectivity index (χ0v) is 17.2. The van der Waals surface area contributed by atoms with Crippen molar-refractivity contribution >= 4 is 26.7 Å². The van der Waals surface area contributed by atoms with Crippen LogP contribution in [0.2, 0.25) is 0 Å². The Morgan fingerprint density at radius 2 is 1.61 bits per heavy atom. The van der Waals surface area contributed by atoms with Gasteiger partial charge in [-0.1, -0.05) is 23.5 Å². The molecule has 0 N–H and O–H groups in total. The third-order valence-electron chi connectivity index (χ3n) is 5.74. The normalized spacial score (nSPS) is 17.9. The van der Waals surface area contributed by atoms with Gasteiger partial charge >= 0.3 is 0 Å². The lowest BCUT2D eigenvalue weighted by Crippen LogP contribution is -2.47. The van der Waals surface area contributed by atoms with E-state index in [2.05, 4.69) is 34.1 Å². The number of piperazine rings is 1. The molecular formula is C22H25N3O2S. The van der Waals surface area contributed by atoms with Gasteiger partial charge in [0, 0.05) is 32.2 Å². The van der Waals surface area contributed by atoms with E-state index >= 15 is 0 Å². The molecule has 1 aliphatic heterocycles. The minimum atomic E-state index is 0.748. The summed E-state index contributed by atoms with van der Waals surface area (Å²) in [6, 6.07) is 13.4. The standard InChI is InChI=1S/C22H25N3O2S/c1-26-19-8-4-15(13-20(19)27-2)16-3-7-18-21(14-16)28-22(23-18)25-11-9-24(10-12-25)17-5-6-17/h3-4,7-8,13-14,17H,5-6,9-12H2,1-2H3. The molecule has 0 bridgehead atoms. The Morgan fingerprint density at radius 3 is 2.32 bits per heavy atom. The molecule has 2 aromatic carbocycles. The van der Waals surface area contributed by atoms with Gasteiger partial charge < -0.3 is 14.4 Å². The molecule has 146 valence electrons. The number of hydrogen-bond donors (Lipinski definition) is 0. The van der Waals surface area contributed by atoms with Gasteiger partial charge in [0.1, 0.15) is 0 Å². The molecule has 0 radical (unpaired) electrons. The van der Waals surface area contributed by atoms with E-state index in [4.69, 9.17) is 14.5 Å². The predicted molar refractivity (Wildman–Crippen MR) is 115 cm³/mol. The fourth-order valence-corrected chi connectivity index (χ4v) is 5.02. The first-order valence-corrected chi connectivity index (χ1v) is 10.7. The molecule has 0 atom stereocenters. The molecule has 5 rings (SSSR count). The number of benzene rings is 2. The third kappa shape index (κ3) is 3.31. The first kappa shape index (κ1) is 17.8. The SMILES string of the molecule is COc1ccc(-c2ccc3nc(N4CCN(C5CC5)CC4)sc3c2)cc1OC. The number of ether oxygens (including phenoxy) is 2. The lowest BCUT2D eigenvalue weighted by Gasteiger charge is -2.34. The number of thiazole rings is 1. The summed E-state index contributed by atoms with van der Waals surface area (Å²) in [6.45, 7) is 4.49. The maximum Gasteiger partial charge on any atom is 0.186 e. The maximum absolute atomic E-state index is 5.45. The Kier molecular flexibility index (Phi) is 4.61. The van der Waals surface area contributed by atoms with Crippen LogP contribution in [0.25, 0.3) is 21.3 Å². The zero-order valence-electron chi connectivity index (χ0n) is 16.4. The molecule has 1 aromatic heterocycles. The van der Waals surface area contributed by atoms with E-state index in [9.17, 15) is 0 Å². The van der Waals surface area contributed by atoms with Crippen LogP contribution in [0.3, 0.4) is 0 Å². The Balaban J connectivity index is 1.39. The molecule has 0 spiro atoms. The van der Waals surface area contributed by atoms with Crippen LogP contribution in [0.1, 0.15) is 12.8 Å². The highest BCUT2D eigenvalue weighted by Gasteiger charge is 2.31. The molecule has 1 saturated carbocycles. The number of rotatable bonds is 5. The third-order valence-corrected chi connectivity index (χ3v) is 6.82. The van der Waals surface area contributed by atoms with Crippen molar-refractivity contribution in [2.45, 2.75) is 18.9 Å². The van der Waals surface area contributed by atoms with Gasteiger partial charge in [-0.3, -0.25) is 4.90 Å². The van der Waals surface area contributed by atoms with Crippen LogP contribution in [0.5, 0.6) is 11.5 Å². The molecule has 2 heterocycles. The van der Waals surface area contributed by atoms with Gasteiger partial charge in [-0.25, -0.2) is 4.98 Å². The van der Waals surface area contributed by atoms with Crippen LogP contribution >= 0.6 is 11.3 Å². The van der Waals surface area contributed by atoms with Gasteiger partial charge in [0.25, 0.3) is 0 Å². The Bertz CT molecular complexity index is 991. The second kappa shape index (κ2) is 7.26. The van der Waals surface area contributed by atoms with Crippen molar-refractivity contribution in [1.82, 2.24) is 9.88 Å². The predicted octanol–water partition coefficient (Wildman–Crippen LogP) is 4.26. The molecule has 0 amide bonds. The highest BCUT2D eigenvalue weighted by atomic mass is 32.1. The van der Waals surface area contributed by atoms with Crippen LogP contribution in [-0.2, 0) is 0 Å². The number of hydrogen-bond acceptors (Lipinski definition) is 6. The van der Waals surface area contributed by atoms with Crippen molar-refractivity contribution in [2.75, 3.05) is 45.3 Å². The summed E-state index contributed by atoms with van der Waals surface area (Å²) in [6.07, 6.45) is 2.78. The molecule has 28 heavy (non-hydrogen) atoms. The summed E-state index contributed by atoms with van der Waals surface area (Å²) in [5.74, 6) is 1.50. The minimum absolute atomic E-state index is 0.748. The van der Waals surface area contributed by atoms with Crippen molar-refractivity contribution < 1.29 is 9.47 Å². The first-order valence-electron chi connectivity index (χ1n) is 9.87. The van der Waals surface area contributed by atoms with Crippen molar-refractivity contribution in [3.8, 4) is 22.6 Å². The summed E-state index contributed by atoms with van der Waals surface area (Å²) >= 11 is 1.80. The molecule has 3 aromatic rings. The van der Waals surface area contributed by atoms with E-state index in [-0.39, 0.29) is 0 Å². The van der Waals surface area contributed by atoms with Crippen molar-refractivity contribution in [3.63, 3.8) is 0 Å². The fourth-order valence-electron chi connectivity index (χ4n) is 3.96. The van der Waals surface area contributed by atoms with Crippen LogP contribution in [0, 0.1) is 0 Å². The zero-order chi connectivity index (χ0) is 19.1. The lowest BCUT2D eigenvalue weighted by molar-refractivity contribution is 0.248. The van der Waals surface area contributed by atoms with E-state index in [1.807, 2.05) is 12.1 Å². The van der Waals surface area contributed by atoms with E-state index in [1.54, 1.807) is 25.6 Å². The lowest BCUT2D eigenvalue weighted by atomic mass is 10.0. The number of nitrogens with zero attached hydrogens (tertiary/aromatic N) is 3. The molecule has 1 saturated heterocycles. The smallest absolute Gasteiger partial charge is 0.186 e. The second-order valence-corrected chi connectivity index (χ2v) is 8.51. The summed E-state index contributed by atoms with van der Waals surface area (Å²) < 4.78 is 12.0. The molecule has 1 aliphatic carbocycles. The van der Waals surface area contributed by atoms with E-state index in [1.165, 1.54) is 23.1 Å². The molecule has 6 heteroatoms. The molecule has 5 nitrogen and oxygen atoms in total. The molecule has 2 aliphatic rings. The topological polar surface area (TPSA) is 37.8 Å². The van der Waals surface area contributed by atoms with Crippen molar-refractivity contribution in [3.05, 3.63) is 36.4 Å². The van der Waals surface area contributed by atoms with Gasteiger partial charge in [0.05, 0.1) is 24.4 Å². The van der Waals surface area contributed by atoms with Gasteiger partial charge in [-0.05, 0) is 48.2 Å².